The molecular weight excluding hydrogens is 356 g/mol. The average molecular weight is 382 g/mol. The highest BCUT2D eigenvalue weighted by Gasteiger charge is 2.42. The van der Waals surface area contributed by atoms with Crippen LogP contribution in [0.25, 0.3) is 10.8 Å². The van der Waals surface area contributed by atoms with Gasteiger partial charge in [0.15, 0.2) is 0 Å². The fraction of sp³-hybridized carbons (Fsp3) is 0.273. The molecule has 0 fully saturated rings. The Hall–Kier alpha value is -2.21. The van der Waals surface area contributed by atoms with E-state index in [0.717, 1.165) is 18.7 Å². The summed E-state index contributed by atoms with van der Waals surface area (Å²) in [5, 5.41) is 2.37. The van der Waals surface area contributed by atoms with Crippen LogP contribution in [0.2, 0.25) is 0 Å². The van der Waals surface area contributed by atoms with E-state index in [1.807, 2.05) is 12.1 Å². The van der Waals surface area contributed by atoms with Crippen molar-refractivity contribution in [2.45, 2.75) is 30.8 Å². The summed E-state index contributed by atoms with van der Waals surface area (Å²) in [4.78, 5) is 1.68. The molecular formula is C22H25N2O2S+. The molecule has 27 heavy (non-hydrogen) atoms. The van der Waals surface area contributed by atoms with Crippen LogP contribution >= 0.6 is 0 Å². The number of quaternary nitrogens is 1. The molecule has 0 bridgehead atoms. The van der Waals surface area contributed by atoms with Gasteiger partial charge in [0, 0.05) is 5.56 Å². The van der Waals surface area contributed by atoms with E-state index in [9.17, 15) is 8.42 Å². The number of hydrogen-bond acceptors (Lipinski definition) is 2. The maximum atomic E-state index is 13.1. The Morgan fingerprint density at radius 2 is 1.48 bits per heavy atom. The third-order valence-electron chi connectivity index (χ3n) is 5.66. The first-order chi connectivity index (χ1) is 13.1. The van der Waals surface area contributed by atoms with Gasteiger partial charge in [-0.2, -0.15) is 4.72 Å². The molecule has 140 valence electrons. The van der Waals surface area contributed by atoms with Crippen LogP contribution in [0.15, 0.2) is 71.6 Å². The van der Waals surface area contributed by atoms with E-state index in [4.69, 9.17) is 0 Å². The van der Waals surface area contributed by atoms with Crippen LogP contribution in [0.5, 0.6) is 0 Å². The first kappa shape index (κ1) is 18.2. The summed E-state index contributed by atoms with van der Waals surface area (Å²) >= 11 is 0. The SMILES string of the molecule is CC[NH+](CC)[C@@H]1c2cccc3cccc(c23)[C@H]1NS(=O)(=O)c1ccccc1. The van der Waals surface area contributed by atoms with Crippen LogP contribution in [0.1, 0.15) is 37.1 Å². The molecule has 5 heteroatoms. The second-order valence-electron chi connectivity index (χ2n) is 7.05. The molecule has 0 saturated carbocycles. The molecule has 4 nitrogen and oxygen atoms in total. The lowest BCUT2D eigenvalue weighted by molar-refractivity contribution is -0.930. The minimum atomic E-state index is -3.60. The van der Waals surface area contributed by atoms with Crippen molar-refractivity contribution >= 4 is 20.8 Å². The number of benzene rings is 3. The highest BCUT2D eigenvalue weighted by Crippen LogP contribution is 2.43. The molecule has 3 aromatic carbocycles. The molecule has 4 rings (SSSR count). The average Bonchev–Trinajstić information content (AvgIpc) is 2.99. The lowest BCUT2D eigenvalue weighted by Crippen LogP contribution is -3.12. The normalized spacial score (nSPS) is 19.1. The van der Waals surface area contributed by atoms with Gasteiger partial charge in [-0.3, -0.25) is 0 Å². The van der Waals surface area contributed by atoms with E-state index >= 15 is 0 Å². The number of rotatable bonds is 6. The summed E-state index contributed by atoms with van der Waals surface area (Å²) < 4.78 is 29.2. The number of sulfonamides is 1. The van der Waals surface area contributed by atoms with Crippen LogP contribution in [-0.4, -0.2) is 21.5 Å². The van der Waals surface area contributed by atoms with E-state index in [1.165, 1.54) is 21.2 Å². The zero-order valence-corrected chi connectivity index (χ0v) is 16.5. The van der Waals surface area contributed by atoms with Crippen molar-refractivity contribution in [1.82, 2.24) is 4.72 Å². The Bertz CT molecular complexity index is 1050. The van der Waals surface area contributed by atoms with Crippen molar-refractivity contribution in [3.8, 4) is 0 Å². The van der Waals surface area contributed by atoms with Gasteiger partial charge in [-0.1, -0.05) is 54.6 Å². The highest BCUT2D eigenvalue weighted by atomic mass is 32.2. The molecule has 3 aromatic rings. The van der Waals surface area contributed by atoms with Gasteiger partial charge in [0.2, 0.25) is 10.0 Å². The molecule has 0 aliphatic heterocycles. The van der Waals surface area contributed by atoms with E-state index in [2.05, 4.69) is 48.9 Å². The molecule has 0 amide bonds. The predicted molar refractivity (Wildman–Crippen MR) is 108 cm³/mol. The summed E-state index contributed by atoms with van der Waals surface area (Å²) in [5.41, 5.74) is 2.31. The van der Waals surface area contributed by atoms with E-state index in [-0.39, 0.29) is 12.1 Å². The summed E-state index contributed by atoms with van der Waals surface area (Å²) in [5.74, 6) is 0. The molecule has 2 atom stereocenters. The van der Waals surface area contributed by atoms with Crippen molar-refractivity contribution in [3.05, 3.63) is 77.9 Å². The first-order valence-corrected chi connectivity index (χ1v) is 11.0. The molecule has 1 aliphatic carbocycles. The van der Waals surface area contributed by atoms with Gasteiger partial charge < -0.3 is 4.90 Å². The third-order valence-corrected chi connectivity index (χ3v) is 7.11. The lowest BCUT2D eigenvalue weighted by atomic mass is 10.0. The predicted octanol–water partition coefficient (Wildman–Crippen LogP) is 2.84. The smallest absolute Gasteiger partial charge is 0.241 e. The van der Waals surface area contributed by atoms with Gasteiger partial charge in [-0.15, -0.1) is 0 Å². The molecule has 1 aliphatic rings. The van der Waals surface area contributed by atoms with E-state index in [0.29, 0.717) is 4.90 Å². The summed E-state index contributed by atoms with van der Waals surface area (Å²) in [7, 11) is -3.60. The summed E-state index contributed by atoms with van der Waals surface area (Å²) in [6.07, 6.45) is 0. The first-order valence-electron chi connectivity index (χ1n) is 9.50. The standard InChI is InChI=1S/C22H24N2O2S/c1-3-24(4-2)22-19-15-9-11-16-10-8-14-18(20(16)19)21(22)23-27(25,26)17-12-6-5-7-13-17/h5-15,21-23H,3-4H2,1-2H3/p+1/t21-,22-/m1/s1. The number of nitrogens with one attached hydrogen (secondary N) is 2. The number of likely N-dealkylation sites (N-methyl/N-ethyl adjacent to an activating group) is 1. The fourth-order valence-corrected chi connectivity index (χ4v) is 5.64. The maximum absolute atomic E-state index is 13.1. The molecule has 0 saturated heterocycles. The van der Waals surface area contributed by atoms with Crippen LogP contribution in [0.3, 0.4) is 0 Å². The molecule has 0 unspecified atom stereocenters. The number of hydrogen-bond donors (Lipinski definition) is 2. The van der Waals surface area contributed by atoms with Gasteiger partial charge in [0.05, 0.1) is 18.0 Å². The van der Waals surface area contributed by atoms with Gasteiger partial charge in [-0.25, -0.2) is 8.42 Å². The van der Waals surface area contributed by atoms with E-state index < -0.39 is 10.0 Å². The van der Waals surface area contributed by atoms with Gasteiger partial charge in [-0.05, 0) is 42.3 Å². The maximum Gasteiger partial charge on any atom is 0.241 e. The van der Waals surface area contributed by atoms with Crippen LogP contribution in [0, 0.1) is 0 Å². The minimum Gasteiger partial charge on any atom is -0.328 e. The van der Waals surface area contributed by atoms with Crippen LogP contribution < -0.4 is 9.62 Å². The Morgan fingerprint density at radius 3 is 2.11 bits per heavy atom. The van der Waals surface area contributed by atoms with Crippen molar-refractivity contribution in [3.63, 3.8) is 0 Å². The van der Waals surface area contributed by atoms with Crippen LogP contribution in [-0.2, 0) is 10.0 Å². The van der Waals surface area contributed by atoms with Gasteiger partial charge >= 0.3 is 0 Å². The Morgan fingerprint density at radius 1 is 0.852 bits per heavy atom. The van der Waals surface area contributed by atoms with Gasteiger partial charge in [0.25, 0.3) is 0 Å². The largest absolute Gasteiger partial charge is 0.328 e. The van der Waals surface area contributed by atoms with E-state index in [1.54, 1.807) is 24.3 Å². The molecule has 0 spiro atoms. The molecule has 0 heterocycles. The lowest BCUT2D eigenvalue weighted by Gasteiger charge is -2.30. The third kappa shape index (κ3) is 3.06. The summed E-state index contributed by atoms with van der Waals surface area (Å²) in [6, 6.07) is 20.9. The second kappa shape index (κ2) is 7.08. The molecule has 2 N–H and O–H groups in total. The van der Waals surface area contributed by atoms with Crippen molar-refractivity contribution < 1.29 is 13.3 Å². The fourth-order valence-electron chi connectivity index (χ4n) is 4.39. The zero-order valence-electron chi connectivity index (χ0n) is 15.6. The minimum absolute atomic E-state index is 0.0691. The second-order valence-corrected chi connectivity index (χ2v) is 8.76. The zero-order chi connectivity index (χ0) is 19.0. The Kier molecular flexibility index (Phi) is 4.76. The monoisotopic (exact) mass is 381 g/mol. The quantitative estimate of drug-likeness (QED) is 0.690. The highest BCUT2D eigenvalue weighted by molar-refractivity contribution is 7.89. The molecule has 0 radical (unpaired) electrons. The van der Waals surface area contributed by atoms with Crippen LogP contribution in [0.4, 0.5) is 0 Å². The Labute approximate surface area is 160 Å². The van der Waals surface area contributed by atoms with Crippen molar-refractivity contribution in [2.24, 2.45) is 0 Å². The van der Waals surface area contributed by atoms with Crippen molar-refractivity contribution in [1.29, 1.82) is 0 Å². The summed E-state index contributed by atoms with van der Waals surface area (Å²) in [6.45, 7) is 6.19. The van der Waals surface area contributed by atoms with Gasteiger partial charge in [0.1, 0.15) is 12.1 Å². The Balaban J connectivity index is 1.84. The topological polar surface area (TPSA) is 50.6 Å². The van der Waals surface area contributed by atoms with Crippen molar-refractivity contribution in [2.75, 3.05) is 13.1 Å². The molecule has 0 aromatic heterocycles.